The minimum Gasteiger partial charge on any atom is -0.496 e. The summed E-state index contributed by atoms with van der Waals surface area (Å²) < 4.78 is 13.5. The number of nitrogens with zero attached hydrogens (tertiary/aromatic N) is 4. The van der Waals surface area contributed by atoms with Crippen LogP contribution < -0.4 is 4.74 Å². The first kappa shape index (κ1) is 12.9. The second kappa shape index (κ2) is 5.46. The van der Waals surface area contributed by atoms with Gasteiger partial charge in [0.05, 0.1) is 23.3 Å². The Balaban J connectivity index is 1.86. The van der Waals surface area contributed by atoms with Crippen molar-refractivity contribution in [3.63, 3.8) is 0 Å². The van der Waals surface area contributed by atoms with Crippen LogP contribution in [0.4, 0.5) is 0 Å². The molecule has 0 fully saturated rings. The molecule has 0 aliphatic heterocycles. The summed E-state index contributed by atoms with van der Waals surface area (Å²) in [5, 5.41) is 12.2. The van der Waals surface area contributed by atoms with Gasteiger partial charge in [0.2, 0.25) is 5.89 Å². The lowest BCUT2D eigenvalue weighted by molar-refractivity contribution is 0.412. The van der Waals surface area contributed by atoms with Crippen LogP contribution in [0.15, 0.2) is 45.5 Å². The van der Waals surface area contributed by atoms with E-state index < -0.39 is 0 Å². The first-order chi connectivity index (χ1) is 9.76. The van der Waals surface area contributed by atoms with Gasteiger partial charge in [-0.1, -0.05) is 12.1 Å². The van der Waals surface area contributed by atoms with Gasteiger partial charge in [-0.2, -0.15) is 5.10 Å². The molecule has 1 aromatic carbocycles. The highest BCUT2D eigenvalue weighted by atomic mass is 79.9. The number of halogens is 1. The smallest absolute Gasteiger partial charge is 0.251 e. The number of benzene rings is 1. The molecule has 2 heterocycles. The van der Waals surface area contributed by atoms with Crippen LogP contribution in [-0.4, -0.2) is 27.1 Å². The fourth-order valence-electron chi connectivity index (χ4n) is 1.81. The fraction of sp³-hybridized carbons (Fsp3) is 0.154. The molecule has 3 rings (SSSR count). The molecule has 2 aromatic heterocycles. The summed E-state index contributed by atoms with van der Waals surface area (Å²) in [4.78, 5) is 0. The SMILES string of the molecule is COc1ccccc1-c1nnc(Cn2cc(Br)cn2)o1. The maximum absolute atomic E-state index is 5.65. The van der Waals surface area contributed by atoms with Crippen molar-refractivity contribution < 1.29 is 9.15 Å². The van der Waals surface area contributed by atoms with Crippen LogP contribution in [0.1, 0.15) is 5.89 Å². The Morgan fingerprint density at radius 1 is 1.30 bits per heavy atom. The van der Waals surface area contributed by atoms with E-state index in [1.54, 1.807) is 18.0 Å². The van der Waals surface area contributed by atoms with Crippen molar-refractivity contribution in [3.8, 4) is 17.2 Å². The first-order valence-corrected chi connectivity index (χ1v) is 6.69. The van der Waals surface area contributed by atoms with Crippen molar-refractivity contribution in [3.05, 3.63) is 47.0 Å². The van der Waals surface area contributed by atoms with E-state index in [4.69, 9.17) is 9.15 Å². The topological polar surface area (TPSA) is 66.0 Å². The van der Waals surface area contributed by atoms with Crippen molar-refractivity contribution in [2.45, 2.75) is 6.54 Å². The zero-order chi connectivity index (χ0) is 13.9. The lowest BCUT2D eigenvalue weighted by Gasteiger charge is -2.03. The average Bonchev–Trinajstić information content (AvgIpc) is 3.08. The molecular weight excluding hydrogens is 324 g/mol. The van der Waals surface area contributed by atoms with Gasteiger partial charge in [-0.3, -0.25) is 4.68 Å². The molecule has 0 aliphatic rings. The summed E-state index contributed by atoms with van der Waals surface area (Å²) >= 11 is 3.34. The molecule has 0 saturated carbocycles. The third-order valence-corrected chi connectivity index (χ3v) is 3.11. The molecule has 20 heavy (non-hydrogen) atoms. The molecule has 0 amide bonds. The van der Waals surface area contributed by atoms with E-state index in [2.05, 4.69) is 31.2 Å². The molecule has 3 aromatic rings. The summed E-state index contributed by atoms with van der Waals surface area (Å²) in [6.45, 7) is 0.424. The third-order valence-electron chi connectivity index (χ3n) is 2.70. The monoisotopic (exact) mass is 334 g/mol. The zero-order valence-corrected chi connectivity index (χ0v) is 12.2. The molecule has 7 heteroatoms. The Bertz CT molecular complexity index is 722. The van der Waals surface area contributed by atoms with Crippen LogP contribution in [-0.2, 0) is 6.54 Å². The Morgan fingerprint density at radius 2 is 2.15 bits per heavy atom. The van der Waals surface area contributed by atoms with Gasteiger partial charge >= 0.3 is 0 Å². The van der Waals surface area contributed by atoms with E-state index in [1.807, 2.05) is 30.5 Å². The van der Waals surface area contributed by atoms with E-state index >= 15 is 0 Å². The normalized spacial score (nSPS) is 10.7. The van der Waals surface area contributed by atoms with Crippen molar-refractivity contribution in [1.29, 1.82) is 0 Å². The summed E-state index contributed by atoms with van der Waals surface area (Å²) in [6, 6.07) is 7.51. The second-order valence-electron chi connectivity index (χ2n) is 4.06. The highest BCUT2D eigenvalue weighted by Gasteiger charge is 2.13. The van der Waals surface area contributed by atoms with Crippen molar-refractivity contribution in [1.82, 2.24) is 20.0 Å². The van der Waals surface area contributed by atoms with Gasteiger partial charge in [0.1, 0.15) is 12.3 Å². The highest BCUT2D eigenvalue weighted by Crippen LogP contribution is 2.28. The molecule has 0 saturated heterocycles. The van der Waals surface area contributed by atoms with E-state index in [0.29, 0.717) is 24.1 Å². The molecule has 0 bridgehead atoms. The van der Waals surface area contributed by atoms with Gasteiger partial charge in [0.25, 0.3) is 5.89 Å². The molecule has 0 aliphatic carbocycles. The predicted molar refractivity (Wildman–Crippen MR) is 75.3 cm³/mol. The summed E-state index contributed by atoms with van der Waals surface area (Å²) in [5.41, 5.74) is 0.774. The van der Waals surface area contributed by atoms with Crippen LogP contribution in [0, 0.1) is 0 Å². The predicted octanol–water partition coefficient (Wildman–Crippen LogP) is 2.75. The lowest BCUT2D eigenvalue weighted by atomic mass is 10.2. The average molecular weight is 335 g/mol. The summed E-state index contributed by atoms with van der Waals surface area (Å²) in [6.07, 6.45) is 3.55. The number of rotatable bonds is 4. The van der Waals surface area contributed by atoms with E-state index in [-0.39, 0.29) is 0 Å². The van der Waals surface area contributed by atoms with Crippen LogP contribution >= 0.6 is 15.9 Å². The zero-order valence-electron chi connectivity index (χ0n) is 10.7. The van der Waals surface area contributed by atoms with Crippen molar-refractivity contribution >= 4 is 15.9 Å². The molecule has 0 atom stereocenters. The van der Waals surface area contributed by atoms with E-state index in [0.717, 1.165) is 10.0 Å². The fourth-order valence-corrected chi connectivity index (χ4v) is 2.14. The molecule has 0 N–H and O–H groups in total. The van der Waals surface area contributed by atoms with Crippen LogP contribution in [0.3, 0.4) is 0 Å². The van der Waals surface area contributed by atoms with Gasteiger partial charge in [-0.25, -0.2) is 0 Å². The minimum atomic E-state index is 0.424. The van der Waals surface area contributed by atoms with Crippen molar-refractivity contribution in [2.24, 2.45) is 0 Å². The second-order valence-corrected chi connectivity index (χ2v) is 4.97. The number of hydrogen-bond donors (Lipinski definition) is 0. The molecule has 0 radical (unpaired) electrons. The third kappa shape index (κ3) is 2.57. The Labute approximate surface area is 123 Å². The number of methoxy groups -OCH3 is 1. The molecule has 6 nitrogen and oxygen atoms in total. The quantitative estimate of drug-likeness (QED) is 0.733. The maximum atomic E-state index is 5.65. The molecule has 0 spiro atoms. The molecule has 102 valence electrons. The van der Waals surface area contributed by atoms with Gasteiger partial charge < -0.3 is 9.15 Å². The lowest BCUT2D eigenvalue weighted by Crippen LogP contribution is -1.99. The van der Waals surface area contributed by atoms with Gasteiger partial charge in [-0.05, 0) is 28.1 Å². The molecule has 0 unspecified atom stereocenters. The maximum Gasteiger partial charge on any atom is 0.251 e. The minimum absolute atomic E-state index is 0.424. The highest BCUT2D eigenvalue weighted by molar-refractivity contribution is 9.10. The van der Waals surface area contributed by atoms with Crippen molar-refractivity contribution in [2.75, 3.05) is 7.11 Å². The Morgan fingerprint density at radius 3 is 2.90 bits per heavy atom. The van der Waals surface area contributed by atoms with Crippen LogP contribution in [0.5, 0.6) is 5.75 Å². The standard InChI is InChI=1S/C13H11BrN4O2/c1-19-11-5-3-2-4-10(11)13-17-16-12(20-13)8-18-7-9(14)6-15-18/h2-7H,8H2,1H3. The first-order valence-electron chi connectivity index (χ1n) is 5.90. The Kier molecular flexibility index (Phi) is 3.51. The Hall–Kier alpha value is -2.15. The number of hydrogen-bond acceptors (Lipinski definition) is 5. The van der Waals surface area contributed by atoms with Gasteiger partial charge in [-0.15, -0.1) is 10.2 Å². The van der Waals surface area contributed by atoms with Gasteiger partial charge in [0.15, 0.2) is 0 Å². The van der Waals surface area contributed by atoms with Crippen LogP contribution in [0.2, 0.25) is 0 Å². The number of aromatic nitrogens is 4. The largest absolute Gasteiger partial charge is 0.496 e. The van der Waals surface area contributed by atoms with Gasteiger partial charge in [0, 0.05) is 6.20 Å². The van der Waals surface area contributed by atoms with E-state index in [1.165, 1.54) is 0 Å². The summed E-state index contributed by atoms with van der Waals surface area (Å²) in [5.74, 6) is 1.62. The number of ether oxygens (including phenoxy) is 1. The van der Waals surface area contributed by atoms with E-state index in [9.17, 15) is 0 Å². The van der Waals surface area contributed by atoms with Crippen LogP contribution in [0.25, 0.3) is 11.5 Å². The molecular formula is C13H11BrN4O2. The summed E-state index contributed by atoms with van der Waals surface area (Å²) in [7, 11) is 1.61. The number of para-hydroxylation sites is 1.